The fourth-order valence-electron chi connectivity index (χ4n) is 3.09. The Morgan fingerprint density at radius 3 is 2.41 bits per heavy atom. The van der Waals surface area contributed by atoms with Gasteiger partial charge in [-0.1, -0.05) is 36.4 Å². The first-order valence-corrected chi connectivity index (χ1v) is 7.66. The summed E-state index contributed by atoms with van der Waals surface area (Å²) in [5, 5.41) is 0. The average molecular weight is 291 g/mol. The van der Waals surface area contributed by atoms with Crippen LogP contribution in [0.15, 0.2) is 59.5 Å². The Morgan fingerprint density at radius 2 is 1.64 bits per heavy atom. The number of hydrogen-bond donors (Lipinski definition) is 0. The Labute approximate surface area is 128 Å². The van der Waals surface area contributed by atoms with Crippen LogP contribution in [0.2, 0.25) is 0 Å². The Hall–Kier alpha value is -2.62. The fourth-order valence-corrected chi connectivity index (χ4v) is 3.09. The minimum absolute atomic E-state index is 0.00120. The molecule has 0 N–H and O–H groups in total. The van der Waals surface area contributed by atoms with E-state index in [1.165, 1.54) is 0 Å². The van der Waals surface area contributed by atoms with Crippen molar-refractivity contribution in [1.29, 1.82) is 0 Å². The molecule has 4 nitrogen and oxygen atoms in total. The van der Waals surface area contributed by atoms with Crippen LogP contribution in [-0.4, -0.2) is 22.5 Å². The number of aromatic nitrogens is 2. The van der Waals surface area contributed by atoms with Gasteiger partial charge in [-0.3, -0.25) is 9.20 Å². The molecule has 0 bridgehead atoms. The van der Waals surface area contributed by atoms with E-state index in [1.807, 2.05) is 48.5 Å². The third-order valence-corrected chi connectivity index (χ3v) is 4.18. The van der Waals surface area contributed by atoms with E-state index in [-0.39, 0.29) is 5.56 Å². The predicted molar refractivity (Wildman–Crippen MR) is 88.3 cm³/mol. The first-order valence-electron chi connectivity index (χ1n) is 7.66. The van der Waals surface area contributed by atoms with Gasteiger partial charge < -0.3 is 4.90 Å². The van der Waals surface area contributed by atoms with E-state index >= 15 is 0 Å². The lowest BCUT2D eigenvalue weighted by molar-refractivity contribution is 0.922. The highest BCUT2D eigenvalue weighted by atomic mass is 16.1. The van der Waals surface area contributed by atoms with Crippen LogP contribution in [0.1, 0.15) is 12.8 Å². The molecule has 0 spiro atoms. The van der Waals surface area contributed by atoms with Crippen molar-refractivity contribution >= 4 is 11.5 Å². The SMILES string of the molecule is O=c1c(-c2ccccc2)c(N2CCCC2)nc2ccccn12. The van der Waals surface area contributed by atoms with Crippen molar-refractivity contribution in [2.75, 3.05) is 18.0 Å². The van der Waals surface area contributed by atoms with Crippen molar-refractivity contribution in [2.45, 2.75) is 12.8 Å². The maximum atomic E-state index is 13.0. The van der Waals surface area contributed by atoms with Gasteiger partial charge in [-0.05, 0) is 30.5 Å². The molecule has 3 heterocycles. The molecule has 4 heteroatoms. The Bertz CT molecular complexity index is 864. The van der Waals surface area contributed by atoms with Gasteiger partial charge in [0.2, 0.25) is 0 Å². The van der Waals surface area contributed by atoms with Crippen molar-refractivity contribution in [3.8, 4) is 11.1 Å². The van der Waals surface area contributed by atoms with Gasteiger partial charge in [-0.2, -0.15) is 0 Å². The Balaban J connectivity index is 2.05. The lowest BCUT2D eigenvalue weighted by Gasteiger charge is -2.20. The highest BCUT2D eigenvalue weighted by molar-refractivity contribution is 5.77. The van der Waals surface area contributed by atoms with Crippen molar-refractivity contribution < 1.29 is 0 Å². The largest absolute Gasteiger partial charge is 0.356 e. The second-order valence-corrected chi connectivity index (χ2v) is 5.60. The van der Waals surface area contributed by atoms with Gasteiger partial charge in [0.25, 0.3) is 5.56 Å². The standard InChI is InChI=1S/C18H17N3O/c22-18-16(14-8-2-1-3-9-14)17(20-11-6-7-12-20)19-15-10-4-5-13-21(15)18/h1-5,8-10,13H,6-7,11-12H2. The van der Waals surface area contributed by atoms with E-state index < -0.39 is 0 Å². The molecular formula is C18H17N3O. The first-order chi connectivity index (χ1) is 10.8. The number of hydrogen-bond acceptors (Lipinski definition) is 3. The monoisotopic (exact) mass is 291 g/mol. The van der Waals surface area contributed by atoms with Crippen LogP contribution in [0, 0.1) is 0 Å². The molecule has 1 aliphatic rings. The van der Waals surface area contributed by atoms with Gasteiger partial charge in [-0.25, -0.2) is 4.98 Å². The number of pyridine rings is 1. The zero-order valence-electron chi connectivity index (χ0n) is 12.3. The number of nitrogens with zero attached hydrogens (tertiary/aromatic N) is 3. The van der Waals surface area contributed by atoms with Crippen LogP contribution in [0.3, 0.4) is 0 Å². The molecule has 0 saturated carbocycles. The molecular weight excluding hydrogens is 274 g/mol. The smallest absolute Gasteiger partial charge is 0.267 e. The Kier molecular flexibility index (Phi) is 3.15. The van der Waals surface area contributed by atoms with E-state index in [4.69, 9.17) is 4.98 Å². The fraction of sp³-hybridized carbons (Fsp3) is 0.222. The minimum Gasteiger partial charge on any atom is -0.356 e. The van der Waals surface area contributed by atoms with Crippen LogP contribution in [0.4, 0.5) is 5.82 Å². The van der Waals surface area contributed by atoms with Crippen LogP contribution in [0.25, 0.3) is 16.8 Å². The number of benzene rings is 1. The quantitative estimate of drug-likeness (QED) is 0.728. The van der Waals surface area contributed by atoms with E-state index in [1.54, 1.807) is 10.6 Å². The normalized spacial score (nSPS) is 14.6. The van der Waals surface area contributed by atoms with Crippen molar-refractivity contribution in [3.05, 3.63) is 65.1 Å². The van der Waals surface area contributed by atoms with E-state index in [2.05, 4.69) is 4.90 Å². The lowest BCUT2D eigenvalue weighted by Crippen LogP contribution is -2.26. The summed E-state index contributed by atoms with van der Waals surface area (Å²) in [6.45, 7) is 1.94. The van der Waals surface area contributed by atoms with Crippen LogP contribution < -0.4 is 10.5 Å². The molecule has 0 radical (unpaired) electrons. The van der Waals surface area contributed by atoms with Crippen LogP contribution in [0.5, 0.6) is 0 Å². The maximum Gasteiger partial charge on any atom is 0.267 e. The third kappa shape index (κ3) is 2.08. The molecule has 0 atom stereocenters. The number of fused-ring (bicyclic) bond motifs is 1. The minimum atomic E-state index is -0.00120. The van der Waals surface area contributed by atoms with Crippen LogP contribution >= 0.6 is 0 Å². The summed E-state index contributed by atoms with van der Waals surface area (Å²) < 4.78 is 1.63. The molecule has 0 unspecified atom stereocenters. The van der Waals surface area contributed by atoms with Crippen LogP contribution in [-0.2, 0) is 0 Å². The molecule has 4 rings (SSSR count). The number of anilines is 1. The predicted octanol–water partition coefficient (Wildman–Crippen LogP) is 2.96. The van der Waals surface area contributed by atoms with Crippen molar-refractivity contribution in [2.24, 2.45) is 0 Å². The van der Waals surface area contributed by atoms with Gasteiger partial charge in [-0.15, -0.1) is 0 Å². The van der Waals surface area contributed by atoms with E-state index in [9.17, 15) is 4.79 Å². The summed E-state index contributed by atoms with van der Waals surface area (Å²) in [4.78, 5) is 20.0. The van der Waals surface area contributed by atoms with Gasteiger partial charge in [0.05, 0.1) is 5.56 Å². The van der Waals surface area contributed by atoms with Crippen molar-refractivity contribution in [1.82, 2.24) is 9.38 Å². The molecule has 1 fully saturated rings. The summed E-state index contributed by atoms with van der Waals surface area (Å²) >= 11 is 0. The third-order valence-electron chi connectivity index (χ3n) is 4.18. The second-order valence-electron chi connectivity index (χ2n) is 5.60. The maximum absolute atomic E-state index is 13.0. The Morgan fingerprint density at radius 1 is 0.909 bits per heavy atom. The molecule has 0 aliphatic carbocycles. The van der Waals surface area contributed by atoms with Crippen molar-refractivity contribution in [3.63, 3.8) is 0 Å². The summed E-state index contributed by atoms with van der Waals surface area (Å²) in [7, 11) is 0. The summed E-state index contributed by atoms with van der Waals surface area (Å²) in [6, 6.07) is 15.5. The molecule has 0 amide bonds. The zero-order valence-corrected chi connectivity index (χ0v) is 12.3. The van der Waals surface area contributed by atoms with E-state index in [0.29, 0.717) is 11.2 Å². The summed E-state index contributed by atoms with van der Waals surface area (Å²) in [5.74, 6) is 0.819. The first kappa shape index (κ1) is 13.1. The zero-order chi connectivity index (χ0) is 14.9. The molecule has 22 heavy (non-hydrogen) atoms. The average Bonchev–Trinajstić information content (AvgIpc) is 3.10. The lowest BCUT2D eigenvalue weighted by atomic mass is 10.1. The molecule has 1 aliphatic heterocycles. The van der Waals surface area contributed by atoms with Gasteiger partial charge in [0.1, 0.15) is 11.5 Å². The van der Waals surface area contributed by atoms with Gasteiger partial charge >= 0.3 is 0 Å². The second kappa shape index (κ2) is 5.30. The number of rotatable bonds is 2. The summed E-state index contributed by atoms with van der Waals surface area (Å²) in [5.41, 5.74) is 2.33. The van der Waals surface area contributed by atoms with Gasteiger partial charge in [0.15, 0.2) is 0 Å². The van der Waals surface area contributed by atoms with Gasteiger partial charge in [0, 0.05) is 19.3 Å². The topological polar surface area (TPSA) is 37.6 Å². The molecule has 3 aromatic rings. The summed E-state index contributed by atoms with van der Waals surface area (Å²) in [6.07, 6.45) is 4.10. The highest BCUT2D eigenvalue weighted by Gasteiger charge is 2.21. The van der Waals surface area contributed by atoms with E-state index in [0.717, 1.165) is 37.3 Å². The molecule has 110 valence electrons. The highest BCUT2D eigenvalue weighted by Crippen LogP contribution is 2.28. The molecule has 2 aromatic heterocycles. The molecule has 1 aromatic carbocycles. The molecule has 1 saturated heterocycles.